The van der Waals surface area contributed by atoms with Gasteiger partial charge in [0.1, 0.15) is 11.9 Å². The van der Waals surface area contributed by atoms with Crippen molar-refractivity contribution in [2.24, 2.45) is 10.8 Å². The van der Waals surface area contributed by atoms with Gasteiger partial charge in [0.15, 0.2) is 0 Å². The van der Waals surface area contributed by atoms with Crippen molar-refractivity contribution in [3.63, 3.8) is 0 Å². The van der Waals surface area contributed by atoms with E-state index in [2.05, 4.69) is 32.1 Å². The summed E-state index contributed by atoms with van der Waals surface area (Å²) in [7, 11) is 0. The van der Waals surface area contributed by atoms with Gasteiger partial charge in [0.05, 0.1) is 12.5 Å². The quantitative estimate of drug-likeness (QED) is 0.598. The summed E-state index contributed by atoms with van der Waals surface area (Å²) in [5.41, 5.74) is 4.05. The third kappa shape index (κ3) is 3.46. The van der Waals surface area contributed by atoms with Crippen LogP contribution in [0.1, 0.15) is 50.7 Å². The molecule has 1 N–H and O–H groups in total. The molecule has 1 aromatic carbocycles. The Morgan fingerprint density at radius 1 is 1.29 bits per heavy atom. The molecule has 0 spiro atoms. The van der Waals surface area contributed by atoms with Gasteiger partial charge in [0, 0.05) is 11.8 Å². The zero-order chi connectivity index (χ0) is 20.1. The topological polar surface area (TPSA) is 46.5 Å². The van der Waals surface area contributed by atoms with Crippen molar-refractivity contribution in [2.75, 3.05) is 0 Å². The molecule has 1 aromatic rings. The molecule has 4 atom stereocenters. The van der Waals surface area contributed by atoms with Crippen LogP contribution in [0.5, 0.6) is 0 Å². The van der Waals surface area contributed by atoms with Crippen molar-refractivity contribution < 1.29 is 19.0 Å². The minimum Gasteiger partial charge on any atom is -0.458 e. The number of rotatable bonds is 3. The van der Waals surface area contributed by atoms with Crippen molar-refractivity contribution in [3.05, 3.63) is 65.0 Å². The Hall–Kier alpha value is -2.20. The number of allylic oxidation sites excluding steroid dienone is 5. The van der Waals surface area contributed by atoms with E-state index in [1.54, 1.807) is 6.92 Å². The highest BCUT2D eigenvalue weighted by Crippen LogP contribution is 2.58. The van der Waals surface area contributed by atoms with Crippen LogP contribution in [0.3, 0.4) is 0 Å². The average molecular weight is 382 g/mol. The third-order valence-corrected chi connectivity index (χ3v) is 6.32. The molecule has 2 unspecified atom stereocenters. The predicted octanol–water partition coefficient (Wildman–Crippen LogP) is 4.89. The maximum absolute atomic E-state index is 13.8. The maximum atomic E-state index is 13.8. The van der Waals surface area contributed by atoms with Crippen LogP contribution in [0.4, 0.5) is 4.39 Å². The first kappa shape index (κ1) is 19.1. The van der Waals surface area contributed by atoms with Crippen molar-refractivity contribution >= 4 is 11.5 Å². The lowest BCUT2D eigenvalue weighted by Gasteiger charge is -2.39. The fourth-order valence-corrected chi connectivity index (χ4v) is 5.00. The number of carbonyl (C=O) groups excluding carboxylic acids is 1. The molecule has 1 aliphatic heterocycles. The molecule has 2 bridgehead atoms. The van der Waals surface area contributed by atoms with Crippen molar-refractivity contribution in [1.82, 2.24) is 0 Å². The summed E-state index contributed by atoms with van der Waals surface area (Å²) in [4.78, 5) is 11.6. The van der Waals surface area contributed by atoms with Gasteiger partial charge in [-0.3, -0.25) is 4.79 Å². The number of cyclic esters (lactones) is 1. The summed E-state index contributed by atoms with van der Waals surface area (Å²) in [6, 6.07) is 5.31. The molecule has 28 heavy (non-hydrogen) atoms. The van der Waals surface area contributed by atoms with E-state index in [9.17, 15) is 14.3 Å². The van der Waals surface area contributed by atoms with Crippen LogP contribution in [-0.2, 0) is 9.53 Å². The number of esters is 1. The number of halogens is 1. The normalized spacial score (nSPS) is 35.0. The molecule has 4 heteroatoms. The van der Waals surface area contributed by atoms with Gasteiger partial charge in [0.2, 0.25) is 0 Å². The number of benzene rings is 1. The Kier molecular flexibility index (Phi) is 4.58. The lowest BCUT2D eigenvalue weighted by Crippen LogP contribution is -2.31. The minimum absolute atomic E-state index is 0.0615. The smallest absolute Gasteiger partial charge is 0.309 e. The van der Waals surface area contributed by atoms with Gasteiger partial charge in [-0.2, -0.15) is 0 Å². The van der Waals surface area contributed by atoms with Crippen LogP contribution in [-0.4, -0.2) is 23.3 Å². The third-order valence-electron chi connectivity index (χ3n) is 6.32. The number of aliphatic hydroxyl groups excluding tert-OH is 1. The Balaban J connectivity index is 1.76. The van der Waals surface area contributed by atoms with Crippen molar-refractivity contribution in [3.8, 4) is 0 Å². The van der Waals surface area contributed by atoms with E-state index in [1.165, 1.54) is 17.2 Å². The molecule has 3 nitrogen and oxygen atoms in total. The van der Waals surface area contributed by atoms with Gasteiger partial charge in [0.25, 0.3) is 0 Å². The number of carbonyl (C=O) groups is 1. The zero-order valence-corrected chi connectivity index (χ0v) is 16.7. The standard InChI is InChI=1S/C24H27FO3/c1-15-10-16(4-7-21(15)25)19-13-23(2)8-9-24(3,14-23)20(19)6-5-18-11-17(26)12-22(27)28-18/h4-10,17-18,26H,11-14H2,1-3H3/t17-,18-,23?,24?/m0/s1. The molecule has 148 valence electrons. The van der Waals surface area contributed by atoms with Crippen LogP contribution in [0.25, 0.3) is 5.57 Å². The fraction of sp³-hybridized carbons (Fsp3) is 0.458. The van der Waals surface area contributed by atoms with Gasteiger partial charge < -0.3 is 9.84 Å². The second kappa shape index (κ2) is 6.70. The molecule has 3 aliphatic rings. The first-order valence-corrected chi connectivity index (χ1v) is 9.94. The molecular weight excluding hydrogens is 355 g/mol. The summed E-state index contributed by atoms with van der Waals surface area (Å²) in [5, 5.41) is 9.87. The predicted molar refractivity (Wildman–Crippen MR) is 107 cm³/mol. The SMILES string of the molecule is Cc1cc(C2=C(C=C[C@H]3C[C@H](O)CC(=O)O3)C3(C)C=CC(C)(C2)C3)ccc1F. The van der Waals surface area contributed by atoms with E-state index in [4.69, 9.17) is 4.74 Å². The molecular formula is C24H27FO3. The monoisotopic (exact) mass is 382 g/mol. The van der Waals surface area contributed by atoms with Crippen molar-refractivity contribution in [1.29, 1.82) is 0 Å². The van der Waals surface area contributed by atoms with Crippen LogP contribution >= 0.6 is 0 Å². The molecule has 1 saturated heterocycles. The van der Waals surface area contributed by atoms with Crippen LogP contribution in [0.2, 0.25) is 0 Å². The number of hydrogen-bond acceptors (Lipinski definition) is 3. The number of aryl methyl sites for hydroxylation is 1. The Labute approximate surface area is 165 Å². The zero-order valence-electron chi connectivity index (χ0n) is 16.7. The molecule has 0 radical (unpaired) electrons. The highest BCUT2D eigenvalue weighted by molar-refractivity contribution is 5.76. The number of fused-ring (bicyclic) bond motifs is 2. The Bertz CT molecular complexity index is 912. The van der Waals surface area contributed by atoms with E-state index in [1.807, 2.05) is 18.2 Å². The van der Waals surface area contributed by atoms with Crippen molar-refractivity contribution in [2.45, 2.75) is 58.7 Å². The highest BCUT2D eigenvalue weighted by Gasteiger charge is 2.45. The number of ether oxygens (including phenoxy) is 1. The summed E-state index contributed by atoms with van der Waals surface area (Å²) < 4.78 is 19.2. The largest absolute Gasteiger partial charge is 0.458 e. The van der Waals surface area contributed by atoms with Gasteiger partial charge in [-0.25, -0.2) is 4.39 Å². The summed E-state index contributed by atoms with van der Waals surface area (Å²) in [6.45, 7) is 6.29. The minimum atomic E-state index is -0.652. The molecule has 1 fully saturated rings. The Morgan fingerprint density at radius 2 is 2.07 bits per heavy atom. The number of hydrogen-bond donors (Lipinski definition) is 1. The fourth-order valence-electron chi connectivity index (χ4n) is 5.00. The molecule has 1 heterocycles. The van der Waals surface area contributed by atoms with E-state index >= 15 is 0 Å². The van der Waals surface area contributed by atoms with E-state index in [0.29, 0.717) is 12.0 Å². The van der Waals surface area contributed by atoms with Crippen LogP contribution in [0, 0.1) is 23.6 Å². The molecule has 0 aromatic heterocycles. The summed E-state index contributed by atoms with van der Waals surface area (Å²) in [5.74, 6) is -0.557. The van der Waals surface area contributed by atoms with Crippen LogP contribution in [0.15, 0.2) is 48.1 Å². The molecule has 0 saturated carbocycles. The molecule has 0 amide bonds. The summed E-state index contributed by atoms with van der Waals surface area (Å²) in [6.07, 6.45) is 9.85. The maximum Gasteiger partial charge on any atom is 0.309 e. The second-order valence-corrected chi connectivity index (χ2v) is 9.10. The van der Waals surface area contributed by atoms with Gasteiger partial charge in [-0.05, 0) is 65.7 Å². The van der Waals surface area contributed by atoms with Gasteiger partial charge in [-0.15, -0.1) is 0 Å². The average Bonchev–Trinajstić information content (AvgIpc) is 2.86. The lowest BCUT2D eigenvalue weighted by molar-refractivity contribution is -0.156. The van der Waals surface area contributed by atoms with E-state index in [0.717, 1.165) is 18.4 Å². The molecule has 4 rings (SSSR count). The second-order valence-electron chi connectivity index (χ2n) is 9.10. The Morgan fingerprint density at radius 3 is 2.79 bits per heavy atom. The van der Waals surface area contributed by atoms with Gasteiger partial charge in [-0.1, -0.05) is 38.1 Å². The van der Waals surface area contributed by atoms with Crippen LogP contribution < -0.4 is 0 Å². The van der Waals surface area contributed by atoms with E-state index < -0.39 is 12.2 Å². The first-order chi connectivity index (χ1) is 13.2. The summed E-state index contributed by atoms with van der Waals surface area (Å²) >= 11 is 0. The highest BCUT2D eigenvalue weighted by atomic mass is 19.1. The first-order valence-electron chi connectivity index (χ1n) is 9.94. The molecule has 2 aliphatic carbocycles. The van der Waals surface area contributed by atoms with Gasteiger partial charge >= 0.3 is 5.97 Å². The van der Waals surface area contributed by atoms with E-state index in [-0.39, 0.29) is 29.0 Å². The number of aliphatic hydroxyl groups is 1. The lowest BCUT2D eigenvalue weighted by atomic mass is 9.65.